The molecule has 0 fully saturated rings. The third-order valence-corrected chi connectivity index (χ3v) is 5.26. The van der Waals surface area contributed by atoms with Crippen molar-refractivity contribution in [2.24, 2.45) is 0 Å². The van der Waals surface area contributed by atoms with E-state index >= 15 is 0 Å². The molecule has 0 aromatic heterocycles. The average Bonchev–Trinajstić information content (AvgIpc) is 2.64. The van der Waals surface area contributed by atoms with E-state index in [1.54, 1.807) is 25.1 Å². The van der Waals surface area contributed by atoms with Gasteiger partial charge in [0.2, 0.25) is 0 Å². The highest BCUT2D eigenvalue weighted by molar-refractivity contribution is 6.42. The van der Waals surface area contributed by atoms with E-state index in [1.165, 1.54) is 5.56 Å². The Kier molecular flexibility index (Phi) is 7.96. The molecule has 0 spiro atoms. The van der Waals surface area contributed by atoms with E-state index in [9.17, 15) is 4.79 Å². The second kappa shape index (κ2) is 9.98. The molecule has 6 heteroatoms. The fraction of sp³-hybridized carbons (Fsp3) is 0.381. The molecule has 0 saturated heterocycles. The molecule has 0 saturated carbocycles. The topological polar surface area (TPSA) is 41.6 Å². The van der Waals surface area contributed by atoms with Gasteiger partial charge in [-0.2, -0.15) is 0 Å². The Balaban J connectivity index is 1.98. The standard InChI is InChI=1S/C21H26Cl2N2O2/c1-14(2)25(4)13-17-9-6-5-8-16(17)12-24-21(26)15(3)27-19-11-7-10-18(22)20(19)23/h5-11,14-15H,12-13H2,1-4H3,(H,24,26). The Bertz CT molecular complexity index is 781. The van der Waals surface area contributed by atoms with Crippen molar-refractivity contribution in [3.63, 3.8) is 0 Å². The molecule has 1 amide bonds. The number of amides is 1. The van der Waals surface area contributed by atoms with Crippen LogP contribution in [0.5, 0.6) is 5.75 Å². The van der Waals surface area contributed by atoms with Crippen molar-refractivity contribution >= 4 is 29.1 Å². The molecule has 2 aromatic rings. The normalized spacial score (nSPS) is 12.3. The quantitative estimate of drug-likeness (QED) is 0.673. The van der Waals surface area contributed by atoms with Gasteiger partial charge >= 0.3 is 0 Å². The molecule has 1 unspecified atom stereocenters. The van der Waals surface area contributed by atoms with Gasteiger partial charge in [0.15, 0.2) is 6.10 Å². The maximum Gasteiger partial charge on any atom is 0.261 e. The number of ether oxygens (including phenoxy) is 1. The van der Waals surface area contributed by atoms with Crippen LogP contribution >= 0.6 is 23.2 Å². The zero-order valence-electron chi connectivity index (χ0n) is 16.1. The van der Waals surface area contributed by atoms with Gasteiger partial charge < -0.3 is 10.1 Å². The zero-order chi connectivity index (χ0) is 20.0. The first-order chi connectivity index (χ1) is 12.8. The van der Waals surface area contributed by atoms with Crippen LogP contribution in [0.2, 0.25) is 10.0 Å². The molecule has 0 aliphatic carbocycles. The number of hydrogen-bond donors (Lipinski definition) is 1. The van der Waals surface area contributed by atoms with E-state index in [0.717, 1.165) is 12.1 Å². The molecular weight excluding hydrogens is 383 g/mol. The van der Waals surface area contributed by atoms with Crippen molar-refractivity contribution in [1.29, 1.82) is 0 Å². The molecule has 0 aliphatic rings. The molecule has 0 bridgehead atoms. The molecule has 2 aromatic carbocycles. The smallest absolute Gasteiger partial charge is 0.261 e. The molecule has 0 aliphatic heterocycles. The SMILES string of the molecule is CC(Oc1cccc(Cl)c1Cl)C(=O)NCc1ccccc1CN(C)C(C)C. The lowest BCUT2D eigenvalue weighted by Gasteiger charge is -2.23. The molecule has 2 rings (SSSR count). The largest absolute Gasteiger partial charge is 0.479 e. The van der Waals surface area contributed by atoms with Gasteiger partial charge in [-0.05, 0) is 51.1 Å². The summed E-state index contributed by atoms with van der Waals surface area (Å²) < 4.78 is 5.67. The molecule has 0 heterocycles. The minimum Gasteiger partial charge on any atom is -0.479 e. The van der Waals surface area contributed by atoms with Crippen LogP contribution in [-0.2, 0) is 17.9 Å². The van der Waals surface area contributed by atoms with Crippen molar-refractivity contribution < 1.29 is 9.53 Å². The Labute approximate surface area is 171 Å². The van der Waals surface area contributed by atoms with Gasteiger partial charge in [0.1, 0.15) is 10.8 Å². The zero-order valence-corrected chi connectivity index (χ0v) is 17.6. The van der Waals surface area contributed by atoms with Crippen molar-refractivity contribution in [3.8, 4) is 5.75 Å². The summed E-state index contributed by atoms with van der Waals surface area (Å²) in [5.41, 5.74) is 2.28. The van der Waals surface area contributed by atoms with Crippen molar-refractivity contribution in [2.45, 2.75) is 46.0 Å². The summed E-state index contributed by atoms with van der Waals surface area (Å²) in [6.45, 7) is 7.27. The fourth-order valence-corrected chi connectivity index (χ4v) is 2.82. The summed E-state index contributed by atoms with van der Waals surface area (Å²) in [6, 6.07) is 13.7. The third-order valence-electron chi connectivity index (χ3n) is 4.46. The van der Waals surface area contributed by atoms with E-state index in [0.29, 0.717) is 28.4 Å². The first kappa shape index (κ1) is 21.5. The molecular formula is C21H26Cl2N2O2. The van der Waals surface area contributed by atoms with E-state index in [-0.39, 0.29) is 5.91 Å². The fourth-order valence-electron chi connectivity index (χ4n) is 2.48. The van der Waals surface area contributed by atoms with Gasteiger partial charge in [-0.1, -0.05) is 53.5 Å². The number of benzene rings is 2. The number of carbonyl (C=O) groups excluding carboxylic acids is 1. The Morgan fingerprint density at radius 1 is 1.07 bits per heavy atom. The highest BCUT2D eigenvalue weighted by Crippen LogP contribution is 2.32. The Hall–Kier alpha value is -1.75. The summed E-state index contributed by atoms with van der Waals surface area (Å²) in [6.07, 6.45) is -0.688. The summed E-state index contributed by atoms with van der Waals surface area (Å²) in [5, 5.41) is 3.64. The van der Waals surface area contributed by atoms with Crippen LogP contribution < -0.4 is 10.1 Å². The van der Waals surface area contributed by atoms with Crippen LogP contribution in [0.1, 0.15) is 31.9 Å². The molecule has 0 radical (unpaired) electrons. The van der Waals surface area contributed by atoms with Crippen LogP contribution in [-0.4, -0.2) is 30.0 Å². The van der Waals surface area contributed by atoms with Gasteiger partial charge in [-0.3, -0.25) is 9.69 Å². The maximum absolute atomic E-state index is 12.4. The van der Waals surface area contributed by atoms with Crippen molar-refractivity contribution in [3.05, 3.63) is 63.6 Å². The van der Waals surface area contributed by atoms with Gasteiger partial charge in [-0.25, -0.2) is 0 Å². The molecule has 1 N–H and O–H groups in total. The van der Waals surface area contributed by atoms with Crippen LogP contribution in [0.15, 0.2) is 42.5 Å². The minimum absolute atomic E-state index is 0.210. The first-order valence-electron chi connectivity index (χ1n) is 8.95. The lowest BCUT2D eigenvalue weighted by Crippen LogP contribution is -2.36. The van der Waals surface area contributed by atoms with Gasteiger partial charge in [0.05, 0.1) is 5.02 Å². The number of hydrogen-bond acceptors (Lipinski definition) is 3. The summed E-state index contributed by atoms with van der Waals surface area (Å²) in [5.74, 6) is 0.184. The van der Waals surface area contributed by atoms with Crippen molar-refractivity contribution in [1.82, 2.24) is 10.2 Å². The average molecular weight is 409 g/mol. The van der Waals surface area contributed by atoms with Crippen molar-refractivity contribution in [2.75, 3.05) is 7.05 Å². The predicted octanol–water partition coefficient (Wildman–Crippen LogP) is 4.92. The Morgan fingerprint density at radius 3 is 2.41 bits per heavy atom. The van der Waals surface area contributed by atoms with E-state index in [4.69, 9.17) is 27.9 Å². The highest BCUT2D eigenvalue weighted by atomic mass is 35.5. The van der Waals surface area contributed by atoms with E-state index < -0.39 is 6.10 Å². The number of rotatable bonds is 8. The first-order valence-corrected chi connectivity index (χ1v) is 9.70. The lowest BCUT2D eigenvalue weighted by atomic mass is 10.1. The van der Waals surface area contributed by atoms with Gasteiger partial charge in [-0.15, -0.1) is 0 Å². The van der Waals surface area contributed by atoms with E-state index in [1.807, 2.05) is 18.2 Å². The summed E-state index contributed by atoms with van der Waals surface area (Å²) >= 11 is 12.1. The van der Waals surface area contributed by atoms with Crippen LogP contribution in [0, 0.1) is 0 Å². The monoisotopic (exact) mass is 408 g/mol. The van der Waals surface area contributed by atoms with E-state index in [2.05, 4.69) is 37.2 Å². The number of nitrogens with zero attached hydrogens (tertiary/aromatic N) is 1. The van der Waals surface area contributed by atoms with Gasteiger partial charge in [0, 0.05) is 19.1 Å². The third kappa shape index (κ3) is 6.13. The highest BCUT2D eigenvalue weighted by Gasteiger charge is 2.17. The number of halogens is 2. The lowest BCUT2D eigenvalue weighted by molar-refractivity contribution is -0.127. The predicted molar refractivity (Wildman–Crippen MR) is 111 cm³/mol. The molecule has 27 heavy (non-hydrogen) atoms. The Morgan fingerprint density at radius 2 is 1.74 bits per heavy atom. The second-order valence-corrected chi connectivity index (χ2v) is 7.59. The van der Waals surface area contributed by atoms with Gasteiger partial charge in [0.25, 0.3) is 5.91 Å². The van der Waals surface area contributed by atoms with Crippen LogP contribution in [0.25, 0.3) is 0 Å². The summed E-state index contributed by atoms with van der Waals surface area (Å²) in [7, 11) is 2.09. The maximum atomic E-state index is 12.4. The number of carbonyl (C=O) groups is 1. The summed E-state index contributed by atoms with van der Waals surface area (Å²) in [4.78, 5) is 14.7. The molecule has 1 atom stereocenters. The minimum atomic E-state index is -0.688. The van der Waals surface area contributed by atoms with Crippen LogP contribution in [0.3, 0.4) is 0 Å². The number of nitrogens with one attached hydrogen (secondary N) is 1. The van der Waals surface area contributed by atoms with Crippen LogP contribution in [0.4, 0.5) is 0 Å². The molecule has 146 valence electrons. The second-order valence-electron chi connectivity index (χ2n) is 6.81. The molecule has 4 nitrogen and oxygen atoms in total.